The highest BCUT2D eigenvalue weighted by Gasteiger charge is 2.19. The normalized spacial score (nSPS) is 21.1. The molecule has 1 atom stereocenters. The topological polar surface area (TPSA) is 65.5 Å². The Hall–Kier alpha value is -1.62. The standard InChI is InChI=1S/C12H17N3O2/c1-15-4-2-3-10(8-15)14-12(17)9-5-11(16)7-13-6-9/h5-7,10,16H,2-4,8H2,1H3,(H,14,17). The van der Waals surface area contributed by atoms with Gasteiger partial charge in [0.25, 0.3) is 5.91 Å². The molecule has 92 valence electrons. The van der Waals surface area contributed by atoms with Gasteiger partial charge in [-0.1, -0.05) is 0 Å². The largest absolute Gasteiger partial charge is 0.506 e. The second kappa shape index (κ2) is 5.14. The van der Waals surface area contributed by atoms with Crippen LogP contribution < -0.4 is 5.32 Å². The van der Waals surface area contributed by atoms with Crippen molar-refractivity contribution < 1.29 is 9.90 Å². The molecule has 17 heavy (non-hydrogen) atoms. The van der Waals surface area contributed by atoms with Gasteiger partial charge in [-0.25, -0.2) is 0 Å². The molecule has 0 radical (unpaired) electrons. The molecule has 5 heteroatoms. The number of pyridine rings is 1. The summed E-state index contributed by atoms with van der Waals surface area (Å²) in [4.78, 5) is 17.9. The fourth-order valence-electron chi connectivity index (χ4n) is 2.10. The smallest absolute Gasteiger partial charge is 0.253 e. The number of nitrogens with zero attached hydrogens (tertiary/aromatic N) is 2. The Bertz CT molecular complexity index is 408. The zero-order valence-electron chi connectivity index (χ0n) is 9.89. The molecule has 0 spiro atoms. The van der Waals surface area contributed by atoms with Crippen LogP contribution in [0.15, 0.2) is 18.5 Å². The van der Waals surface area contributed by atoms with Crippen LogP contribution in [0.25, 0.3) is 0 Å². The zero-order chi connectivity index (χ0) is 12.3. The first-order valence-electron chi connectivity index (χ1n) is 5.78. The monoisotopic (exact) mass is 235 g/mol. The molecular formula is C12H17N3O2. The highest BCUT2D eigenvalue weighted by molar-refractivity contribution is 5.94. The van der Waals surface area contributed by atoms with E-state index in [1.54, 1.807) is 0 Å². The molecule has 0 aromatic carbocycles. The summed E-state index contributed by atoms with van der Waals surface area (Å²) in [6, 6.07) is 1.61. The highest BCUT2D eigenvalue weighted by Crippen LogP contribution is 2.11. The van der Waals surface area contributed by atoms with E-state index in [-0.39, 0.29) is 17.7 Å². The minimum atomic E-state index is -0.172. The summed E-state index contributed by atoms with van der Waals surface area (Å²) in [5.74, 6) is -0.160. The maximum absolute atomic E-state index is 11.9. The first-order chi connectivity index (χ1) is 8.15. The van der Waals surface area contributed by atoms with Gasteiger partial charge < -0.3 is 15.3 Å². The van der Waals surface area contributed by atoms with Gasteiger partial charge in [0.1, 0.15) is 5.75 Å². The van der Waals surface area contributed by atoms with Gasteiger partial charge in [-0.15, -0.1) is 0 Å². The number of amides is 1. The minimum absolute atomic E-state index is 0.0124. The molecular weight excluding hydrogens is 218 g/mol. The first kappa shape index (κ1) is 11.9. The quantitative estimate of drug-likeness (QED) is 0.788. The van der Waals surface area contributed by atoms with E-state index >= 15 is 0 Å². The summed E-state index contributed by atoms with van der Waals surface area (Å²) in [7, 11) is 2.05. The molecule has 1 amide bonds. The lowest BCUT2D eigenvalue weighted by atomic mass is 10.1. The molecule has 1 aromatic heterocycles. The number of nitrogens with one attached hydrogen (secondary N) is 1. The third-order valence-electron chi connectivity index (χ3n) is 2.95. The SMILES string of the molecule is CN1CCCC(NC(=O)c2cncc(O)c2)C1. The molecule has 1 aliphatic rings. The van der Waals surface area contributed by atoms with Crippen LogP contribution in [0.1, 0.15) is 23.2 Å². The number of piperidine rings is 1. The zero-order valence-corrected chi connectivity index (χ0v) is 9.89. The van der Waals surface area contributed by atoms with Gasteiger partial charge in [0.2, 0.25) is 0 Å². The molecule has 2 N–H and O–H groups in total. The second-order valence-corrected chi connectivity index (χ2v) is 4.51. The van der Waals surface area contributed by atoms with Crippen LogP contribution in [0.2, 0.25) is 0 Å². The lowest BCUT2D eigenvalue weighted by Crippen LogP contribution is -2.46. The van der Waals surface area contributed by atoms with E-state index in [1.165, 1.54) is 18.5 Å². The molecule has 0 aliphatic carbocycles. The number of carbonyl (C=O) groups excluding carboxylic acids is 1. The maximum Gasteiger partial charge on any atom is 0.253 e. The van der Waals surface area contributed by atoms with Crippen LogP contribution in [0, 0.1) is 0 Å². The molecule has 0 saturated carbocycles. The summed E-state index contributed by atoms with van der Waals surface area (Å²) < 4.78 is 0. The second-order valence-electron chi connectivity index (χ2n) is 4.51. The molecule has 1 unspecified atom stereocenters. The highest BCUT2D eigenvalue weighted by atomic mass is 16.3. The number of hydrogen-bond acceptors (Lipinski definition) is 4. The Kier molecular flexibility index (Phi) is 3.58. The average molecular weight is 235 g/mol. The lowest BCUT2D eigenvalue weighted by molar-refractivity contribution is 0.0911. The summed E-state index contributed by atoms with van der Waals surface area (Å²) in [5, 5.41) is 12.2. The van der Waals surface area contributed by atoms with E-state index in [2.05, 4.69) is 15.2 Å². The molecule has 1 saturated heterocycles. The fourth-order valence-corrected chi connectivity index (χ4v) is 2.10. The number of likely N-dealkylation sites (tertiary alicyclic amines) is 1. The van der Waals surface area contributed by atoms with Gasteiger partial charge in [-0.3, -0.25) is 9.78 Å². The molecule has 2 rings (SSSR count). The predicted molar refractivity (Wildman–Crippen MR) is 63.9 cm³/mol. The molecule has 1 fully saturated rings. The van der Waals surface area contributed by atoms with Gasteiger partial charge in [0.15, 0.2) is 0 Å². The molecule has 0 bridgehead atoms. The lowest BCUT2D eigenvalue weighted by Gasteiger charge is -2.30. The number of aromatic hydroxyl groups is 1. The number of hydrogen-bond donors (Lipinski definition) is 2. The van der Waals surface area contributed by atoms with Crippen molar-refractivity contribution in [1.82, 2.24) is 15.2 Å². The van der Waals surface area contributed by atoms with E-state index in [1.807, 2.05) is 7.05 Å². The van der Waals surface area contributed by atoms with Crippen molar-refractivity contribution >= 4 is 5.91 Å². The van der Waals surface area contributed by atoms with Gasteiger partial charge >= 0.3 is 0 Å². The van der Waals surface area contributed by atoms with Crippen LogP contribution in [0.3, 0.4) is 0 Å². The Labute approximate surface area is 100 Å². The van der Waals surface area contributed by atoms with E-state index in [0.717, 1.165) is 25.9 Å². The van der Waals surface area contributed by atoms with Crippen molar-refractivity contribution in [2.75, 3.05) is 20.1 Å². The van der Waals surface area contributed by atoms with Crippen LogP contribution >= 0.6 is 0 Å². The van der Waals surface area contributed by atoms with Gasteiger partial charge in [-0.2, -0.15) is 0 Å². The molecule has 1 aromatic rings. The number of carbonyl (C=O) groups is 1. The number of aromatic nitrogens is 1. The van der Waals surface area contributed by atoms with E-state index in [0.29, 0.717) is 5.56 Å². The maximum atomic E-state index is 11.9. The van der Waals surface area contributed by atoms with Crippen LogP contribution in [-0.2, 0) is 0 Å². The predicted octanol–water partition coefficient (Wildman–Crippen LogP) is 0.611. The first-order valence-corrected chi connectivity index (χ1v) is 5.78. The Morgan fingerprint density at radius 3 is 3.12 bits per heavy atom. The Balaban J connectivity index is 1.97. The summed E-state index contributed by atoms with van der Waals surface area (Å²) in [6.45, 7) is 1.96. The van der Waals surface area contributed by atoms with Crippen molar-refractivity contribution in [3.05, 3.63) is 24.0 Å². The van der Waals surface area contributed by atoms with Crippen molar-refractivity contribution in [3.63, 3.8) is 0 Å². The third-order valence-corrected chi connectivity index (χ3v) is 2.95. The Morgan fingerprint density at radius 2 is 2.41 bits per heavy atom. The van der Waals surface area contributed by atoms with Crippen molar-refractivity contribution in [2.45, 2.75) is 18.9 Å². The van der Waals surface area contributed by atoms with Gasteiger partial charge in [0.05, 0.1) is 11.8 Å². The van der Waals surface area contributed by atoms with Gasteiger partial charge in [-0.05, 0) is 32.5 Å². The third kappa shape index (κ3) is 3.17. The average Bonchev–Trinajstić information content (AvgIpc) is 2.29. The van der Waals surface area contributed by atoms with E-state index in [4.69, 9.17) is 0 Å². The summed E-state index contributed by atoms with van der Waals surface area (Å²) >= 11 is 0. The van der Waals surface area contributed by atoms with Crippen LogP contribution in [-0.4, -0.2) is 47.1 Å². The minimum Gasteiger partial charge on any atom is -0.506 e. The van der Waals surface area contributed by atoms with Crippen molar-refractivity contribution in [2.24, 2.45) is 0 Å². The summed E-state index contributed by atoms with van der Waals surface area (Å²) in [6.07, 6.45) is 4.87. The van der Waals surface area contributed by atoms with Crippen molar-refractivity contribution in [1.29, 1.82) is 0 Å². The van der Waals surface area contributed by atoms with Crippen LogP contribution in [0.4, 0.5) is 0 Å². The molecule has 2 heterocycles. The Morgan fingerprint density at radius 1 is 1.59 bits per heavy atom. The number of likely N-dealkylation sites (N-methyl/N-ethyl adjacent to an activating group) is 1. The molecule has 5 nitrogen and oxygen atoms in total. The van der Waals surface area contributed by atoms with Gasteiger partial charge in [0, 0.05) is 18.8 Å². The summed E-state index contributed by atoms with van der Waals surface area (Å²) in [5.41, 5.74) is 0.401. The number of rotatable bonds is 2. The van der Waals surface area contributed by atoms with Crippen molar-refractivity contribution in [3.8, 4) is 5.75 Å². The van der Waals surface area contributed by atoms with Crippen LogP contribution in [0.5, 0.6) is 5.75 Å². The molecule has 1 aliphatic heterocycles. The van der Waals surface area contributed by atoms with E-state index in [9.17, 15) is 9.90 Å². The van der Waals surface area contributed by atoms with E-state index < -0.39 is 0 Å². The fraction of sp³-hybridized carbons (Fsp3) is 0.500.